The van der Waals surface area contributed by atoms with Gasteiger partial charge in [0.2, 0.25) is 0 Å². The monoisotopic (exact) mass is 323 g/mol. The number of rotatable bonds is 4. The Morgan fingerprint density at radius 3 is 2.47 bits per heavy atom. The summed E-state index contributed by atoms with van der Waals surface area (Å²) in [7, 11) is 1.92. The van der Waals surface area contributed by atoms with Gasteiger partial charge in [-0.05, 0) is 71.4 Å². The van der Waals surface area contributed by atoms with E-state index in [1.165, 1.54) is 11.6 Å². The molecule has 0 aliphatic rings. The van der Waals surface area contributed by atoms with Crippen LogP contribution in [0.3, 0.4) is 0 Å². The fourth-order valence-corrected chi connectivity index (χ4v) is 2.15. The highest BCUT2D eigenvalue weighted by Gasteiger charge is 2.04. The van der Waals surface area contributed by atoms with E-state index in [0.29, 0.717) is 10.2 Å². The molecule has 0 saturated carbocycles. The lowest BCUT2D eigenvalue weighted by Crippen LogP contribution is -2.06. The van der Waals surface area contributed by atoms with E-state index in [4.69, 9.17) is 4.74 Å². The molecule has 0 bridgehead atoms. The predicted octanol–water partition coefficient (Wildman–Crippen LogP) is 4.41. The van der Waals surface area contributed by atoms with Crippen LogP contribution in [0.1, 0.15) is 11.1 Å². The van der Waals surface area contributed by atoms with Crippen molar-refractivity contribution in [1.29, 1.82) is 0 Å². The van der Waals surface area contributed by atoms with Gasteiger partial charge in [0.25, 0.3) is 0 Å². The quantitative estimate of drug-likeness (QED) is 0.899. The third-order valence-corrected chi connectivity index (χ3v) is 3.42. The first-order valence-electron chi connectivity index (χ1n) is 5.97. The van der Waals surface area contributed by atoms with Crippen LogP contribution in [0, 0.1) is 12.7 Å². The number of benzene rings is 2. The van der Waals surface area contributed by atoms with E-state index in [0.717, 1.165) is 17.9 Å². The Morgan fingerprint density at radius 2 is 1.84 bits per heavy atom. The van der Waals surface area contributed by atoms with E-state index in [1.54, 1.807) is 12.1 Å². The Labute approximate surface area is 120 Å². The van der Waals surface area contributed by atoms with Crippen LogP contribution in [-0.4, -0.2) is 7.05 Å². The Kier molecular flexibility index (Phi) is 4.56. The number of hydrogen-bond donors (Lipinski definition) is 1. The second kappa shape index (κ2) is 6.17. The Bertz CT molecular complexity index is 586. The van der Waals surface area contributed by atoms with Crippen LogP contribution in [0.2, 0.25) is 0 Å². The number of halogens is 2. The van der Waals surface area contributed by atoms with Crippen LogP contribution in [0.5, 0.6) is 11.5 Å². The highest BCUT2D eigenvalue weighted by atomic mass is 79.9. The SMILES string of the molecule is CNCc1ccc(Oc2ccc(F)c(Br)c2)cc1C. The summed E-state index contributed by atoms with van der Waals surface area (Å²) < 4.78 is 19.2. The summed E-state index contributed by atoms with van der Waals surface area (Å²) in [6, 6.07) is 10.5. The van der Waals surface area contributed by atoms with Crippen LogP contribution in [-0.2, 0) is 6.54 Å². The van der Waals surface area contributed by atoms with Gasteiger partial charge < -0.3 is 10.1 Å². The molecule has 0 atom stereocenters. The Morgan fingerprint density at radius 1 is 1.16 bits per heavy atom. The average molecular weight is 324 g/mol. The van der Waals surface area contributed by atoms with Crippen LogP contribution >= 0.6 is 15.9 Å². The first kappa shape index (κ1) is 14.0. The number of hydrogen-bond acceptors (Lipinski definition) is 2. The highest BCUT2D eigenvalue weighted by molar-refractivity contribution is 9.10. The summed E-state index contributed by atoms with van der Waals surface area (Å²) in [5, 5.41) is 3.12. The average Bonchev–Trinajstić information content (AvgIpc) is 2.37. The lowest BCUT2D eigenvalue weighted by atomic mass is 10.1. The van der Waals surface area contributed by atoms with Gasteiger partial charge in [0.05, 0.1) is 4.47 Å². The molecule has 1 N–H and O–H groups in total. The Hall–Kier alpha value is -1.39. The standard InChI is InChI=1S/C15H15BrFNO/c1-10-7-12(4-3-11(10)9-18-2)19-13-5-6-15(17)14(16)8-13/h3-8,18H,9H2,1-2H3. The van der Waals surface area contributed by atoms with Crippen molar-refractivity contribution in [1.82, 2.24) is 5.32 Å². The van der Waals surface area contributed by atoms with Crippen molar-refractivity contribution in [3.05, 3.63) is 57.8 Å². The van der Waals surface area contributed by atoms with Gasteiger partial charge in [-0.1, -0.05) is 6.07 Å². The van der Waals surface area contributed by atoms with Crippen molar-refractivity contribution in [3.8, 4) is 11.5 Å². The van der Waals surface area contributed by atoms with Gasteiger partial charge in [0, 0.05) is 6.54 Å². The minimum atomic E-state index is -0.298. The zero-order chi connectivity index (χ0) is 13.8. The van der Waals surface area contributed by atoms with Gasteiger partial charge in [-0.25, -0.2) is 4.39 Å². The zero-order valence-electron chi connectivity index (χ0n) is 10.8. The maximum absolute atomic E-state index is 13.1. The van der Waals surface area contributed by atoms with E-state index in [1.807, 2.05) is 32.2 Å². The molecule has 0 aromatic heterocycles. The van der Waals surface area contributed by atoms with Crippen molar-refractivity contribution in [2.24, 2.45) is 0 Å². The topological polar surface area (TPSA) is 21.3 Å². The Balaban J connectivity index is 2.19. The molecule has 2 nitrogen and oxygen atoms in total. The molecule has 0 saturated heterocycles. The van der Waals surface area contributed by atoms with Crippen molar-refractivity contribution in [3.63, 3.8) is 0 Å². The third kappa shape index (κ3) is 3.55. The molecule has 2 aromatic carbocycles. The lowest BCUT2D eigenvalue weighted by molar-refractivity contribution is 0.479. The molecule has 0 heterocycles. The molecule has 0 aliphatic heterocycles. The van der Waals surface area contributed by atoms with Crippen molar-refractivity contribution < 1.29 is 9.13 Å². The summed E-state index contributed by atoms with van der Waals surface area (Å²) in [5.41, 5.74) is 2.39. The van der Waals surface area contributed by atoms with Crippen molar-refractivity contribution in [2.75, 3.05) is 7.05 Å². The molecule has 19 heavy (non-hydrogen) atoms. The van der Waals surface area contributed by atoms with Crippen LogP contribution in [0.15, 0.2) is 40.9 Å². The maximum atomic E-state index is 13.1. The second-order valence-corrected chi connectivity index (χ2v) is 5.15. The smallest absolute Gasteiger partial charge is 0.137 e. The zero-order valence-corrected chi connectivity index (χ0v) is 12.4. The molecule has 0 radical (unpaired) electrons. The highest BCUT2D eigenvalue weighted by Crippen LogP contribution is 2.27. The maximum Gasteiger partial charge on any atom is 0.137 e. The molecule has 0 fully saturated rings. The first-order chi connectivity index (χ1) is 9.10. The van der Waals surface area contributed by atoms with Crippen molar-refractivity contribution in [2.45, 2.75) is 13.5 Å². The minimum Gasteiger partial charge on any atom is -0.457 e. The van der Waals surface area contributed by atoms with Gasteiger partial charge in [-0.15, -0.1) is 0 Å². The van der Waals surface area contributed by atoms with Crippen molar-refractivity contribution >= 4 is 15.9 Å². The molecule has 0 unspecified atom stereocenters. The molecule has 0 aliphatic carbocycles. The van der Waals surface area contributed by atoms with E-state index < -0.39 is 0 Å². The molecule has 4 heteroatoms. The van der Waals surface area contributed by atoms with E-state index >= 15 is 0 Å². The van der Waals surface area contributed by atoms with Gasteiger partial charge in [-0.3, -0.25) is 0 Å². The van der Waals surface area contributed by atoms with E-state index in [2.05, 4.69) is 21.2 Å². The summed E-state index contributed by atoms with van der Waals surface area (Å²) in [6.07, 6.45) is 0. The normalized spacial score (nSPS) is 10.5. The third-order valence-electron chi connectivity index (χ3n) is 2.81. The largest absolute Gasteiger partial charge is 0.457 e. The molecule has 0 amide bonds. The predicted molar refractivity (Wildman–Crippen MR) is 78.1 cm³/mol. The first-order valence-corrected chi connectivity index (χ1v) is 6.76. The van der Waals surface area contributed by atoms with Crippen LogP contribution in [0.4, 0.5) is 4.39 Å². The molecule has 2 aromatic rings. The summed E-state index contributed by atoms with van der Waals surface area (Å²) in [4.78, 5) is 0. The van der Waals surface area contributed by atoms with Crippen LogP contribution < -0.4 is 10.1 Å². The van der Waals surface area contributed by atoms with Gasteiger partial charge in [0.15, 0.2) is 0 Å². The fraction of sp³-hybridized carbons (Fsp3) is 0.200. The second-order valence-electron chi connectivity index (χ2n) is 4.30. The molecular weight excluding hydrogens is 309 g/mol. The number of nitrogens with one attached hydrogen (secondary N) is 1. The van der Waals surface area contributed by atoms with Gasteiger partial charge in [0.1, 0.15) is 17.3 Å². The van der Waals surface area contributed by atoms with E-state index in [-0.39, 0.29) is 5.82 Å². The molecule has 2 rings (SSSR count). The van der Waals surface area contributed by atoms with Gasteiger partial charge in [-0.2, -0.15) is 0 Å². The molecule has 0 spiro atoms. The van der Waals surface area contributed by atoms with Crippen LogP contribution in [0.25, 0.3) is 0 Å². The lowest BCUT2D eigenvalue weighted by Gasteiger charge is -2.10. The van der Waals surface area contributed by atoms with Gasteiger partial charge >= 0.3 is 0 Å². The molecule has 100 valence electrons. The minimum absolute atomic E-state index is 0.298. The number of ether oxygens (including phenoxy) is 1. The van der Waals surface area contributed by atoms with E-state index in [9.17, 15) is 4.39 Å². The summed E-state index contributed by atoms with van der Waals surface area (Å²) in [5.74, 6) is 1.05. The summed E-state index contributed by atoms with van der Waals surface area (Å²) in [6.45, 7) is 2.87. The fourth-order valence-electron chi connectivity index (χ4n) is 1.80. The number of aryl methyl sites for hydroxylation is 1. The summed E-state index contributed by atoms with van der Waals surface area (Å²) >= 11 is 3.14. The molecular formula is C15H15BrFNO.